The van der Waals surface area contributed by atoms with Crippen LogP contribution in [0.5, 0.6) is 0 Å². The van der Waals surface area contributed by atoms with E-state index in [9.17, 15) is 14.9 Å². The summed E-state index contributed by atoms with van der Waals surface area (Å²) in [5.41, 5.74) is 0.417. The predicted octanol–water partition coefficient (Wildman–Crippen LogP) is 3.57. The van der Waals surface area contributed by atoms with E-state index in [2.05, 4.69) is 5.32 Å². The minimum atomic E-state index is -1.26. The second-order valence-electron chi connectivity index (χ2n) is 5.27. The molecule has 1 fully saturated rings. The van der Waals surface area contributed by atoms with Crippen LogP contribution >= 0.6 is 11.6 Å². The third-order valence-electron chi connectivity index (χ3n) is 3.82. The van der Waals surface area contributed by atoms with Gasteiger partial charge in [-0.2, -0.15) is 5.26 Å². The van der Waals surface area contributed by atoms with Gasteiger partial charge in [-0.3, -0.25) is 9.59 Å². The third-order valence-corrected chi connectivity index (χ3v) is 4.14. The highest BCUT2D eigenvalue weighted by Crippen LogP contribution is 2.27. The van der Waals surface area contributed by atoms with Crippen LogP contribution in [-0.4, -0.2) is 11.7 Å². The van der Waals surface area contributed by atoms with Gasteiger partial charge >= 0.3 is 0 Å². The number of halogens is 1. The summed E-state index contributed by atoms with van der Waals surface area (Å²) in [6.07, 6.45) is 4.64. The van der Waals surface area contributed by atoms with Gasteiger partial charge in [-0.15, -0.1) is 0 Å². The van der Waals surface area contributed by atoms with Crippen LogP contribution in [0.2, 0.25) is 5.02 Å². The number of para-hydroxylation sites is 1. The molecule has 0 aliphatic heterocycles. The number of hydrogen-bond donors (Lipinski definition) is 1. The summed E-state index contributed by atoms with van der Waals surface area (Å²) in [7, 11) is 0. The molecule has 0 aromatic heterocycles. The predicted molar refractivity (Wildman–Crippen MR) is 80.8 cm³/mol. The van der Waals surface area contributed by atoms with Gasteiger partial charge in [-0.25, -0.2) is 0 Å². The first kappa shape index (κ1) is 15.5. The van der Waals surface area contributed by atoms with Gasteiger partial charge in [0.05, 0.1) is 16.8 Å². The first-order valence-corrected chi connectivity index (χ1v) is 7.50. The molecule has 1 amide bonds. The number of benzene rings is 1. The average Bonchev–Trinajstić information content (AvgIpc) is 2.51. The molecule has 2 rings (SSSR count). The van der Waals surface area contributed by atoms with E-state index < -0.39 is 11.8 Å². The second kappa shape index (κ2) is 7.24. The van der Waals surface area contributed by atoms with Crippen LogP contribution < -0.4 is 5.32 Å². The largest absolute Gasteiger partial charge is 0.323 e. The van der Waals surface area contributed by atoms with E-state index in [0.29, 0.717) is 10.7 Å². The number of anilines is 1. The first-order chi connectivity index (χ1) is 10.1. The Bertz CT molecular complexity index is 574. The van der Waals surface area contributed by atoms with Gasteiger partial charge < -0.3 is 5.32 Å². The molecular formula is C16H17ClN2O2. The molecule has 0 heterocycles. The molecule has 1 saturated carbocycles. The van der Waals surface area contributed by atoms with Crippen molar-refractivity contribution in [3.8, 4) is 6.07 Å². The van der Waals surface area contributed by atoms with Crippen LogP contribution in [0.25, 0.3) is 0 Å². The lowest BCUT2D eigenvalue weighted by Gasteiger charge is -2.22. The fourth-order valence-corrected chi connectivity index (χ4v) is 2.82. The van der Waals surface area contributed by atoms with E-state index in [4.69, 9.17) is 11.6 Å². The quantitative estimate of drug-likeness (QED) is 0.864. The number of ketones is 1. The van der Waals surface area contributed by atoms with Crippen LogP contribution in [0, 0.1) is 23.2 Å². The summed E-state index contributed by atoms with van der Waals surface area (Å²) in [5, 5.41) is 12.1. The zero-order chi connectivity index (χ0) is 15.2. The molecule has 21 heavy (non-hydrogen) atoms. The van der Waals surface area contributed by atoms with Crippen molar-refractivity contribution in [2.45, 2.75) is 32.1 Å². The van der Waals surface area contributed by atoms with Crippen molar-refractivity contribution in [2.75, 3.05) is 5.32 Å². The Kier molecular flexibility index (Phi) is 5.35. The number of nitrogens with one attached hydrogen (secondary N) is 1. The third kappa shape index (κ3) is 3.83. The lowest BCUT2D eigenvalue weighted by atomic mass is 9.82. The molecule has 1 aromatic rings. The van der Waals surface area contributed by atoms with E-state index in [1.54, 1.807) is 24.3 Å². The number of hydrogen-bond acceptors (Lipinski definition) is 3. The van der Waals surface area contributed by atoms with Gasteiger partial charge in [0, 0.05) is 5.92 Å². The fourth-order valence-electron chi connectivity index (χ4n) is 2.64. The molecular weight excluding hydrogens is 288 g/mol. The Morgan fingerprint density at radius 2 is 1.90 bits per heavy atom. The summed E-state index contributed by atoms with van der Waals surface area (Å²) < 4.78 is 0. The Morgan fingerprint density at radius 1 is 1.24 bits per heavy atom. The standard InChI is InChI=1S/C16H17ClN2O2/c17-13-8-4-5-9-14(13)19-16(21)12(10-18)15(20)11-6-2-1-3-7-11/h4-5,8-9,11-12H,1-3,6-7H2,(H,19,21). The number of carbonyl (C=O) groups is 2. The molecule has 4 nitrogen and oxygen atoms in total. The monoisotopic (exact) mass is 304 g/mol. The maximum atomic E-state index is 12.3. The minimum absolute atomic E-state index is 0.166. The molecule has 1 N–H and O–H groups in total. The van der Waals surface area contributed by atoms with Crippen molar-refractivity contribution >= 4 is 29.0 Å². The summed E-state index contributed by atoms with van der Waals surface area (Å²) in [6.45, 7) is 0. The molecule has 1 aromatic carbocycles. The Labute approximate surface area is 129 Å². The van der Waals surface area contributed by atoms with Gasteiger partial charge in [-0.05, 0) is 25.0 Å². The van der Waals surface area contributed by atoms with Crippen LogP contribution in [0.15, 0.2) is 24.3 Å². The first-order valence-electron chi connectivity index (χ1n) is 7.12. The maximum absolute atomic E-state index is 12.3. The van der Waals surface area contributed by atoms with Crippen molar-refractivity contribution in [1.82, 2.24) is 0 Å². The highest BCUT2D eigenvalue weighted by molar-refractivity contribution is 6.33. The van der Waals surface area contributed by atoms with Crippen molar-refractivity contribution in [3.63, 3.8) is 0 Å². The van der Waals surface area contributed by atoms with Gasteiger partial charge in [0.25, 0.3) is 0 Å². The zero-order valence-corrected chi connectivity index (χ0v) is 12.4. The molecule has 0 spiro atoms. The minimum Gasteiger partial charge on any atom is -0.323 e. The number of amides is 1. The molecule has 0 bridgehead atoms. The SMILES string of the molecule is N#CC(C(=O)Nc1ccccc1Cl)C(=O)C1CCCCC1. The lowest BCUT2D eigenvalue weighted by Crippen LogP contribution is -2.33. The van der Waals surface area contributed by atoms with Crippen LogP contribution in [0.4, 0.5) is 5.69 Å². The number of carbonyl (C=O) groups excluding carboxylic acids is 2. The maximum Gasteiger partial charge on any atom is 0.249 e. The number of nitrogens with zero attached hydrogens (tertiary/aromatic N) is 1. The van der Waals surface area contributed by atoms with Gasteiger partial charge in [-0.1, -0.05) is 43.0 Å². The molecule has 5 heteroatoms. The number of nitriles is 1. The second-order valence-corrected chi connectivity index (χ2v) is 5.68. The molecule has 1 aliphatic rings. The summed E-state index contributed by atoms with van der Waals surface area (Å²) in [4.78, 5) is 24.5. The number of Topliss-reactive ketones (excluding diaryl/α,β-unsaturated/α-hetero) is 1. The molecule has 0 radical (unpaired) electrons. The Balaban J connectivity index is 2.06. The van der Waals surface area contributed by atoms with Crippen LogP contribution in [-0.2, 0) is 9.59 Å². The average molecular weight is 305 g/mol. The van der Waals surface area contributed by atoms with E-state index in [-0.39, 0.29) is 11.7 Å². The topological polar surface area (TPSA) is 70.0 Å². The van der Waals surface area contributed by atoms with Crippen molar-refractivity contribution in [2.24, 2.45) is 11.8 Å². The molecule has 1 atom stereocenters. The van der Waals surface area contributed by atoms with Gasteiger partial charge in [0.15, 0.2) is 11.7 Å². The van der Waals surface area contributed by atoms with E-state index in [0.717, 1.165) is 32.1 Å². The summed E-state index contributed by atoms with van der Waals surface area (Å²) in [6, 6.07) is 8.58. The summed E-state index contributed by atoms with van der Waals surface area (Å²) >= 11 is 5.96. The van der Waals surface area contributed by atoms with E-state index >= 15 is 0 Å². The van der Waals surface area contributed by atoms with Crippen LogP contribution in [0.3, 0.4) is 0 Å². The molecule has 0 saturated heterocycles. The highest BCUT2D eigenvalue weighted by atomic mass is 35.5. The smallest absolute Gasteiger partial charge is 0.249 e. The highest BCUT2D eigenvalue weighted by Gasteiger charge is 2.33. The van der Waals surface area contributed by atoms with Crippen molar-refractivity contribution in [1.29, 1.82) is 5.26 Å². The van der Waals surface area contributed by atoms with Gasteiger partial charge in [0.1, 0.15) is 0 Å². The van der Waals surface area contributed by atoms with Crippen LogP contribution in [0.1, 0.15) is 32.1 Å². The number of rotatable bonds is 4. The van der Waals surface area contributed by atoms with Crippen molar-refractivity contribution < 1.29 is 9.59 Å². The Morgan fingerprint density at radius 3 is 2.52 bits per heavy atom. The van der Waals surface area contributed by atoms with E-state index in [1.807, 2.05) is 6.07 Å². The van der Waals surface area contributed by atoms with Crippen molar-refractivity contribution in [3.05, 3.63) is 29.3 Å². The van der Waals surface area contributed by atoms with E-state index in [1.165, 1.54) is 0 Å². The summed E-state index contributed by atoms with van der Waals surface area (Å²) in [5.74, 6) is -2.28. The Hall–Kier alpha value is -1.86. The molecule has 1 aliphatic carbocycles. The fraction of sp³-hybridized carbons (Fsp3) is 0.438. The normalized spacial score (nSPS) is 16.8. The molecule has 110 valence electrons. The lowest BCUT2D eigenvalue weighted by molar-refractivity contribution is -0.132. The van der Waals surface area contributed by atoms with Gasteiger partial charge in [0.2, 0.25) is 5.91 Å². The zero-order valence-electron chi connectivity index (χ0n) is 11.6. The molecule has 1 unspecified atom stereocenters.